The Morgan fingerprint density at radius 3 is 2.46 bits per heavy atom. The molecule has 0 spiro atoms. The van der Waals surface area contributed by atoms with Gasteiger partial charge in [0, 0.05) is 0 Å². The molecule has 0 bridgehead atoms. The molecule has 0 saturated carbocycles. The van der Waals surface area contributed by atoms with Gasteiger partial charge in [0.25, 0.3) is 0 Å². The summed E-state index contributed by atoms with van der Waals surface area (Å²) in [6, 6.07) is 6.39. The molecule has 2 saturated heterocycles. The van der Waals surface area contributed by atoms with Crippen molar-refractivity contribution >= 4 is 75.2 Å². The van der Waals surface area contributed by atoms with E-state index < -0.39 is 19.8 Å². The van der Waals surface area contributed by atoms with Crippen LogP contribution >= 0.6 is 63.3 Å². The van der Waals surface area contributed by atoms with Crippen LogP contribution in [-0.2, 0) is 17.6 Å². The van der Waals surface area contributed by atoms with Crippen molar-refractivity contribution in [2.45, 2.75) is 36.0 Å². The van der Waals surface area contributed by atoms with Gasteiger partial charge in [-0.1, -0.05) is 0 Å². The van der Waals surface area contributed by atoms with Crippen LogP contribution in [0.5, 0.6) is 0 Å². The predicted molar refractivity (Wildman–Crippen MR) is 164 cm³/mol. The zero-order valence-electron chi connectivity index (χ0n) is 20.9. The Morgan fingerprint density at radius 2 is 1.76 bits per heavy atom. The summed E-state index contributed by atoms with van der Waals surface area (Å²) in [4.78, 5) is 34.0. The van der Waals surface area contributed by atoms with Crippen molar-refractivity contribution in [3.63, 3.8) is 0 Å². The number of aromatic nitrogens is 1. The number of nitrogens with one attached hydrogen (secondary N) is 1. The number of pyridine rings is 1. The molecule has 1 aromatic carbocycles. The molecule has 6 nitrogen and oxygen atoms in total. The quantitative estimate of drug-likeness (QED) is 0.298. The number of hydrogen-bond donors (Lipinski definition) is 1. The van der Waals surface area contributed by atoms with Crippen molar-refractivity contribution in [2.24, 2.45) is 5.92 Å². The van der Waals surface area contributed by atoms with Crippen LogP contribution in [0, 0.1) is 5.92 Å². The molecule has 5 rings (SSSR count). The number of amides is 3. The molecular weight excluding hydrogens is 734 g/mol. The third kappa shape index (κ3) is 6.14. The monoisotopic (exact) mass is 764 g/mol. The molecule has 1 aliphatic carbocycles. The molecule has 3 heterocycles. The Balaban J connectivity index is 1.28. The van der Waals surface area contributed by atoms with E-state index in [9.17, 15) is 9.59 Å². The zero-order valence-corrected chi connectivity index (χ0v) is 27.0. The number of rotatable bonds is 3. The molecule has 1 N–H and O–H groups in total. The maximum atomic E-state index is 13.2. The van der Waals surface area contributed by atoms with Gasteiger partial charge in [-0.15, -0.1) is 0 Å². The molecule has 2 aromatic rings. The summed E-state index contributed by atoms with van der Waals surface area (Å²) in [5.74, 6) is 0.652. The Kier molecular flexibility index (Phi) is 9.03. The van der Waals surface area contributed by atoms with Gasteiger partial charge in [-0.05, 0) is 0 Å². The average Bonchev–Trinajstić information content (AvgIpc) is 3.05. The van der Waals surface area contributed by atoms with Crippen LogP contribution in [-0.4, -0.2) is 68.8 Å². The first-order valence-electron chi connectivity index (χ1n) is 12.8. The van der Waals surface area contributed by atoms with Gasteiger partial charge in [0.2, 0.25) is 0 Å². The van der Waals surface area contributed by atoms with Gasteiger partial charge < -0.3 is 0 Å². The fourth-order valence-electron chi connectivity index (χ4n) is 5.72. The third-order valence-electron chi connectivity index (χ3n) is 7.74. The number of nitrogens with zero attached hydrogens (tertiary/aromatic N) is 3. The van der Waals surface area contributed by atoms with Crippen molar-refractivity contribution in [1.82, 2.24) is 20.1 Å². The van der Waals surface area contributed by atoms with E-state index in [0.29, 0.717) is 16.3 Å². The van der Waals surface area contributed by atoms with E-state index in [2.05, 4.69) is 54.2 Å². The molecule has 3 amide bonds. The van der Waals surface area contributed by atoms with E-state index in [0.717, 1.165) is 74.7 Å². The van der Waals surface area contributed by atoms with Gasteiger partial charge in [0.1, 0.15) is 0 Å². The molecule has 1 aromatic heterocycles. The van der Waals surface area contributed by atoms with Gasteiger partial charge in [-0.3, -0.25) is 0 Å². The van der Waals surface area contributed by atoms with Crippen LogP contribution in [0.4, 0.5) is 4.79 Å². The summed E-state index contributed by atoms with van der Waals surface area (Å²) in [6.07, 6.45) is 6.27. The van der Waals surface area contributed by atoms with Gasteiger partial charge in [-0.2, -0.15) is 0 Å². The summed E-state index contributed by atoms with van der Waals surface area (Å²) >= 11 is 12.4. The number of aryl methyl sites for hydroxylation is 2. The SMILES string of the molecule is CNC(=O)N1CCC(CC(=O)N2CCI(C3c4ncc(Br)cc4CCc4cc(Cl)cc(Br)c43)CC2)CC1. The number of piperidine rings is 1. The molecular formula is C27H32Br2ClIN4O2. The summed E-state index contributed by atoms with van der Waals surface area (Å²) in [5.41, 5.74) is 5.28. The summed E-state index contributed by atoms with van der Waals surface area (Å²) in [6.45, 7) is 3.17. The molecule has 2 fully saturated rings. The number of urea groups is 1. The second kappa shape index (κ2) is 12.1. The number of benzene rings is 1. The molecule has 10 heteroatoms. The van der Waals surface area contributed by atoms with E-state index in [-0.39, 0.29) is 11.9 Å². The molecule has 0 radical (unpaired) electrons. The Bertz CT molecular complexity index is 1180. The Hall–Kier alpha value is -0.910. The van der Waals surface area contributed by atoms with Crippen LogP contribution in [0.25, 0.3) is 0 Å². The minimum absolute atomic E-state index is 0.0187. The predicted octanol–water partition coefficient (Wildman–Crippen LogP) is 6.24. The van der Waals surface area contributed by atoms with E-state index in [1.807, 2.05) is 17.2 Å². The van der Waals surface area contributed by atoms with E-state index in [1.54, 1.807) is 7.05 Å². The second-order valence-corrected chi connectivity index (χ2v) is 18.4. The standard InChI is InChI=1S/C27H32Br2ClIN4O2/c1-32-27(37)35-8-4-17(5-9-35)12-23(36)34-10-6-31(7-11-34)25-24-18(14-21(30)15-22(24)29)2-3-19-13-20(28)16-33-26(19)25/h13-17,25H,2-12H2,1H3,(H,32,37). The van der Waals surface area contributed by atoms with Crippen LogP contribution in [0.3, 0.4) is 0 Å². The van der Waals surface area contributed by atoms with Gasteiger partial charge in [0.05, 0.1) is 0 Å². The zero-order chi connectivity index (χ0) is 26.1. The number of halogens is 4. The Morgan fingerprint density at radius 1 is 1.05 bits per heavy atom. The van der Waals surface area contributed by atoms with Crippen LogP contribution < -0.4 is 5.32 Å². The fourth-order valence-corrected chi connectivity index (χ4v) is 14.8. The van der Waals surface area contributed by atoms with Crippen molar-refractivity contribution in [1.29, 1.82) is 0 Å². The van der Waals surface area contributed by atoms with E-state index in [4.69, 9.17) is 16.6 Å². The van der Waals surface area contributed by atoms with Crippen molar-refractivity contribution < 1.29 is 9.59 Å². The molecule has 37 heavy (non-hydrogen) atoms. The van der Waals surface area contributed by atoms with E-state index in [1.165, 1.54) is 22.4 Å². The molecule has 200 valence electrons. The topological polar surface area (TPSA) is 65.5 Å². The average molecular weight is 767 g/mol. The molecule has 1 unspecified atom stereocenters. The Labute approximate surface area is 247 Å². The van der Waals surface area contributed by atoms with Gasteiger partial charge >= 0.3 is 250 Å². The second-order valence-electron chi connectivity index (χ2n) is 9.97. The number of likely N-dealkylation sites (tertiary alicyclic amines) is 1. The fraction of sp³-hybridized carbons (Fsp3) is 0.519. The third-order valence-corrected chi connectivity index (χ3v) is 15.8. The number of hydrogen-bond acceptors (Lipinski definition) is 3. The molecule has 2 aliphatic heterocycles. The summed E-state index contributed by atoms with van der Waals surface area (Å²) < 4.78 is 4.68. The van der Waals surface area contributed by atoms with Gasteiger partial charge in [0.15, 0.2) is 0 Å². The van der Waals surface area contributed by atoms with Gasteiger partial charge in [-0.25, -0.2) is 0 Å². The van der Waals surface area contributed by atoms with E-state index >= 15 is 0 Å². The van der Waals surface area contributed by atoms with Crippen molar-refractivity contribution in [3.8, 4) is 0 Å². The van der Waals surface area contributed by atoms with Crippen molar-refractivity contribution in [3.05, 3.63) is 60.7 Å². The first-order chi connectivity index (χ1) is 17.8. The summed E-state index contributed by atoms with van der Waals surface area (Å²) in [5, 5.41) is 3.47. The first kappa shape index (κ1) is 27.6. The minimum atomic E-state index is -1.53. The van der Waals surface area contributed by atoms with Crippen LogP contribution in [0.15, 0.2) is 33.3 Å². The number of carbonyl (C=O) groups is 2. The first-order valence-corrected chi connectivity index (χ1v) is 19.1. The number of alkyl halides is 3. The maximum absolute atomic E-state index is 13.2. The summed E-state index contributed by atoms with van der Waals surface area (Å²) in [7, 11) is 1.67. The number of fused-ring (bicyclic) bond motifs is 2. The van der Waals surface area contributed by atoms with Crippen LogP contribution in [0.1, 0.15) is 45.6 Å². The number of carbonyl (C=O) groups excluding carboxylic acids is 2. The normalized spacial score (nSPS) is 21.2. The van der Waals surface area contributed by atoms with Crippen molar-refractivity contribution in [2.75, 3.05) is 42.1 Å². The molecule has 3 aliphatic rings. The van der Waals surface area contributed by atoms with Crippen LogP contribution in [0.2, 0.25) is 5.02 Å². The molecule has 1 atom stereocenters.